The highest BCUT2D eigenvalue weighted by Gasteiger charge is 2.09. The maximum atomic E-state index is 11.2. The summed E-state index contributed by atoms with van der Waals surface area (Å²) >= 11 is 1.52. The van der Waals surface area contributed by atoms with E-state index in [2.05, 4.69) is 19.9 Å². The zero-order chi connectivity index (χ0) is 14.8. The summed E-state index contributed by atoms with van der Waals surface area (Å²) in [6.45, 7) is 0. The van der Waals surface area contributed by atoms with Crippen LogP contribution in [0.3, 0.4) is 0 Å². The first kappa shape index (κ1) is 13.4. The molecule has 0 aliphatic carbocycles. The van der Waals surface area contributed by atoms with Gasteiger partial charge in [-0.25, -0.2) is 9.97 Å². The minimum absolute atomic E-state index is 0.271. The van der Waals surface area contributed by atoms with E-state index in [1.54, 1.807) is 12.1 Å². The summed E-state index contributed by atoms with van der Waals surface area (Å²) in [5.74, 6) is 0.856. The number of nitrogens with one attached hydrogen (secondary N) is 1. The minimum atomic E-state index is -0.329. The maximum absolute atomic E-state index is 11.2. The standard InChI is InChI=1S/C13H11N5O2S/c1-21-9-4-7(2-3-8(9)14)20-13-11-12(16-6-17-13)18-10(19)5-15-11/h2-6H,14H2,1H3,(H,16,17,18,19). The Labute approximate surface area is 123 Å². The quantitative estimate of drug-likeness (QED) is 0.561. The maximum Gasteiger partial charge on any atom is 0.268 e. The lowest BCUT2D eigenvalue weighted by atomic mass is 10.3. The Kier molecular flexibility index (Phi) is 3.44. The van der Waals surface area contributed by atoms with E-state index in [0.29, 0.717) is 22.6 Å². The monoisotopic (exact) mass is 301 g/mol. The smallest absolute Gasteiger partial charge is 0.268 e. The van der Waals surface area contributed by atoms with Crippen LogP contribution < -0.4 is 16.0 Å². The lowest BCUT2D eigenvalue weighted by molar-refractivity contribution is 0.465. The first-order valence-electron chi connectivity index (χ1n) is 5.99. The molecule has 21 heavy (non-hydrogen) atoms. The van der Waals surface area contributed by atoms with Crippen LogP contribution in [0.15, 0.2) is 40.4 Å². The van der Waals surface area contributed by atoms with Crippen LogP contribution in [0.4, 0.5) is 5.69 Å². The molecule has 0 aliphatic rings. The molecule has 2 heterocycles. The van der Waals surface area contributed by atoms with Gasteiger partial charge in [-0.05, 0) is 24.5 Å². The summed E-state index contributed by atoms with van der Waals surface area (Å²) in [6.07, 6.45) is 4.40. The molecule has 0 atom stereocenters. The first-order valence-corrected chi connectivity index (χ1v) is 7.21. The average molecular weight is 301 g/mol. The van der Waals surface area contributed by atoms with Gasteiger partial charge in [-0.3, -0.25) is 4.79 Å². The summed E-state index contributed by atoms with van der Waals surface area (Å²) in [5, 5.41) is 0. The van der Waals surface area contributed by atoms with Crippen molar-refractivity contribution >= 4 is 28.6 Å². The van der Waals surface area contributed by atoms with Crippen LogP contribution in [0.25, 0.3) is 11.2 Å². The Bertz CT molecular complexity index is 865. The Morgan fingerprint density at radius 3 is 2.95 bits per heavy atom. The second-order valence-electron chi connectivity index (χ2n) is 4.13. The Hall–Kier alpha value is -2.61. The number of benzene rings is 1. The fourth-order valence-electron chi connectivity index (χ4n) is 1.78. The van der Waals surface area contributed by atoms with Crippen molar-refractivity contribution in [1.82, 2.24) is 19.9 Å². The molecule has 0 radical (unpaired) electrons. The highest BCUT2D eigenvalue weighted by atomic mass is 32.2. The molecule has 0 saturated heterocycles. The van der Waals surface area contributed by atoms with Gasteiger partial charge in [0, 0.05) is 10.6 Å². The topological polar surface area (TPSA) is 107 Å². The largest absolute Gasteiger partial charge is 0.437 e. The molecule has 7 nitrogen and oxygen atoms in total. The molecule has 0 saturated carbocycles. The summed E-state index contributed by atoms with van der Waals surface area (Å²) in [7, 11) is 0. The molecule has 0 amide bonds. The average Bonchev–Trinajstić information content (AvgIpc) is 2.49. The molecular formula is C13H11N5O2S. The first-order chi connectivity index (χ1) is 10.2. The number of rotatable bonds is 3. The van der Waals surface area contributed by atoms with Crippen LogP contribution in [0.1, 0.15) is 0 Å². The predicted octanol–water partition coefficient (Wildman–Crippen LogP) is 1.81. The summed E-state index contributed by atoms with van der Waals surface area (Å²) in [6, 6.07) is 5.33. The van der Waals surface area contributed by atoms with Crippen LogP contribution in [0.2, 0.25) is 0 Å². The van der Waals surface area contributed by atoms with Gasteiger partial charge in [0.1, 0.15) is 12.1 Å². The molecule has 106 valence electrons. The van der Waals surface area contributed by atoms with E-state index in [9.17, 15) is 4.79 Å². The molecule has 2 aromatic heterocycles. The molecule has 0 bridgehead atoms. The molecule has 0 aliphatic heterocycles. The second-order valence-corrected chi connectivity index (χ2v) is 4.98. The van der Waals surface area contributed by atoms with E-state index in [1.807, 2.05) is 12.3 Å². The zero-order valence-electron chi connectivity index (χ0n) is 11.0. The number of fused-ring (bicyclic) bond motifs is 1. The highest BCUT2D eigenvalue weighted by Crippen LogP contribution is 2.30. The normalized spacial score (nSPS) is 10.7. The molecule has 0 unspecified atom stereocenters. The van der Waals surface area contributed by atoms with Crippen molar-refractivity contribution in [3.05, 3.63) is 41.1 Å². The number of thioether (sulfide) groups is 1. The molecule has 8 heteroatoms. The van der Waals surface area contributed by atoms with Gasteiger partial charge in [-0.1, -0.05) is 0 Å². The van der Waals surface area contributed by atoms with Gasteiger partial charge in [0.05, 0.1) is 6.20 Å². The molecule has 3 N–H and O–H groups in total. The third-order valence-corrected chi connectivity index (χ3v) is 3.55. The molecule has 3 rings (SSSR count). The molecular weight excluding hydrogens is 290 g/mol. The van der Waals surface area contributed by atoms with Crippen molar-refractivity contribution in [3.63, 3.8) is 0 Å². The second kappa shape index (κ2) is 5.41. The molecule has 0 spiro atoms. The van der Waals surface area contributed by atoms with Crippen molar-refractivity contribution in [3.8, 4) is 11.6 Å². The van der Waals surface area contributed by atoms with E-state index in [-0.39, 0.29) is 11.4 Å². The number of hydrogen-bond acceptors (Lipinski definition) is 7. The van der Waals surface area contributed by atoms with E-state index in [0.717, 1.165) is 11.1 Å². The number of nitrogens with two attached hydrogens (primary N) is 1. The molecule has 3 aromatic rings. The van der Waals surface area contributed by atoms with Crippen LogP contribution in [0.5, 0.6) is 11.6 Å². The summed E-state index contributed by atoms with van der Waals surface area (Å²) in [4.78, 5) is 26.7. The molecule has 0 fully saturated rings. The van der Waals surface area contributed by atoms with Gasteiger partial charge < -0.3 is 15.5 Å². The van der Waals surface area contributed by atoms with Crippen LogP contribution in [-0.4, -0.2) is 26.2 Å². The van der Waals surface area contributed by atoms with E-state index >= 15 is 0 Å². The zero-order valence-corrected chi connectivity index (χ0v) is 11.8. The lowest BCUT2D eigenvalue weighted by Gasteiger charge is -2.08. The van der Waals surface area contributed by atoms with Crippen molar-refractivity contribution < 1.29 is 4.74 Å². The fraction of sp³-hybridized carbons (Fsp3) is 0.0769. The Balaban J connectivity index is 2.04. The SMILES string of the molecule is CSc1cc(Oc2ncnc3[nH]c(=O)cnc23)ccc1N. The number of aromatic amines is 1. The fourth-order valence-corrected chi connectivity index (χ4v) is 2.32. The number of nitrogen functional groups attached to an aromatic ring is 1. The summed E-state index contributed by atoms with van der Waals surface area (Å²) < 4.78 is 5.72. The summed E-state index contributed by atoms with van der Waals surface area (Å²) in [5.41, 5.74) is 6.92. The van der Waals surface area contributed by atoms with Crippen LogP contribution in [0, 0.1) is 0 Å². The van der Waals surface area contributed by atoms with Crippen molar-refractivity contribution in [2.45, 2.75) is 4.90 Å². The third kappa shape index (κ3) is 2.65. The van der Waals surface area contributed by atoms with Gasteiger partial charge in [-0.2, -0.15) is 4.98 Å². The Morgan fingerprint density at radius 1 is 1.29 bits per heavy atom. The number of H-pyrrole nitrogens is 1. The van der Waals surface area contributed by atoms with Gasteiger partial charge in [0.15, 0.2) is 11.2 Å². The highest BCUT2D eigenvalue weighted by molar-refractivity contribution is 7.98. The number of hydrogen-bond donors (Lipinski definition) is 2. The van der Waals surface area contributed by atoms with Gasteiger partial charge in [0.2, 0.25) is 0 Å². The number of nitrogens with zero attached hydrogens (tertiary/aromatic N) is 3. The van der Waals surface area contributed by atoms with Crippen LogP contribution >= 0.6 is 11.8 Å². The van der Waals surface area contributed by atoms with Crippen LogP contribution in [-0.2, 0) is 0 Å². The van der Waals surface area contributed by atoms with Gasteiger partial charge in [-0.15, -0.1) is 11.8 Å². The minimum Gasteiger partial charge on any atom is -0.437 e. The van der Waals surface area contributed by atoms with E-state index in [4.69, 9.17) is 10.5 Å². The van der Waals surface area contributed by atoms with E-state index in [1.165, 1.54) is 18.1 Å². The van der Waals surface area contributed by atoms with Gasteiger partial charge in [0.25, 0.3) is 11.4 Å². The van der Waals surface area contributed by atoms with Crippen molar-refractivity contribution in [1.29, 1.82) is 0 Å². The van der Waals surface area contributed by atoms with Gasteiger partial charge >= 0.3 is 0 Å². The van der Waals surface area contributed by atoms with E-state index < -0.39 is 0 Å². The molecule has 1 aromatic carbocycles. The Morgan fingerprint density at radius 2 is 2.14 bits per heavy atom. The number of ether oxygens (including phenoxy) is 1. The number of aromatic nitrogens is 4. The third-order valence-electron chi connectivity index (χ3n) is 2.76. The van der Waals surface area contributed by atoms with Crippen molar-refractivity contribution in [2.75, 3.05) is 12.0 Å². The lowest BCUT2D eigenvalue weighted by Crippen LogP contribution is -2.07. The number of anilines is 1. The van der Waals surface area contributed by atoms with Crippen molar-refractivity contribution in [2.24, 2.45) is 0 Å². The predicted molar refractivity (Wildman–Crippen MR) is 80.7 cm³/mol.